The highest BCUT2D eigenvalue weighted by atomic mass is 16.3. The number of aromatic hydroxyl groups is 1. The summed E-state index contributed by atoms with van der Waals surface area (Å²) in [5, 5.41) is 13.0. The highest BCUT2D eigenvalue weighted by Crippen LogP contribution is 2.40. The Balaban J connectivity index is 1.44. The highest BCUT2D eigenvalue weighted by molar-refractivity contribution is 5.96. The van der Waals surface area contributed by atoms with E-state index in [4.69, 9.17) is 9.97 Å². The second-order valence-electron chi connectivity index (χ2n) is 11.2. The SMILES string of the molecule is Oc1ccccc1-c1cccc(-c2nc(-c3cccc4ccccc34)cn2-c2c(-c3ccccc3)cccc2-c2ccccc2)n1. The van der Waals surface area contributed by atoms with E-state index >= 15 is 0 Å². The van der Waals surface area contributed by atoms with Gasteiger partial charge in [-0.3, -0.25) is 4.57 Å². The van der Waals surface area contributed by atoms with Crippen LogP contribution in [0.4, 0.5) is 0 Å². The van der Waals surface area contributed by atoms with Gasteiger partial charge in [-0.15, -0.1) is 0 Å². The number of pyridine rings is 1. The molecule has 0 aliphatic heterocycles. The van der Waals surface area contributed by atoms with Gasteiger partial charge in [0.1, 0.15) is 11.4 Å². The number of nitrogens with zero attached hydrogens (tertiary/aromatic N) is 3. The molecular weight excluding hydrogens is 562 g/mol. The predicted octanol–water partition coefficient (Wildman–Crippen LogP) is 10.5. The van der Waals surface area contributed by atoms with E-state index in [9.17, 15) is 5.11 Å². The largest absolute Gasteiger partial charge is 0.507 e. The topological polar surface area (TPSA) is 50.9 Å². The fourth-order valence-corrected chi connectivity index (χ4v) is 6.21. The van der Waals surface area contributed by atoms with Gasteiger partial charge in [-0.25, -0.2) is 9.97 Å². The summed E-state index contributed by atoms with van der Waals surface area (Å²) in [4.78, 5) is 10.4. The van der Waals surface area contributed by atoms with Crippen LogP contribution in [0.2, 0.25) is 0 Å². The molecule has 8 aromatic rings. The molecule has 218 valence electrons. The fraction of sp³-hybridized carbons (Fsp3) is 0. The standard InChI is InChI=1S/C42H29N3O/c46-40-27-10-9-21-36(40)37-25-13-26-38(43-37)42-44-39(35-24-11-19-29-18-7-8-20-32(29)35)28-45(42)41-33(30-14-3-1-4-15-30)22-12-23-34(41)31-16-5-2-6-17-31/h1-28,46H. The molecule has 1 N–H and O–H groups in total. The van der Waals surface area contributed by atoms with Crippen LogP contribution in [0.25, 0.3) is 72.7 Å². The van der Waals surface area contributed by atoms with E-state index in [2.05, 4.69) is 120 Å². The normalized spacial score (nSPS) is 11.1. The molecule has 0 radical (unpaired) electrons. The second-order valence-corrected chi connectivity index (χ2v) is 11.2. The van der Waals surface area contributed by atoms with Crippen molar-refractivity contribution in [2.45, 2.75) is 0 Å². The maximum atomic E-state index is 10.7. The fourth-order valence-electron chi connectivity index (χ4n) is 6.21. The van der Waals surface area contributed by atoms with Gasteiger partial charge in [0.2, 0.25) is 0 Å². The van der Waals surface area contributed by atoms with Crippen LogP contribution in [0, 0.1) is 0 Å². The van der Waals surface area contributed by atoms with Gasteiger partial charge >= 0.3 is 0 Å². The van der Waals surface area contributed by atoms with E-state index in [1.807, 2.05) is 48.5 Å². The van der Waals surface area contributed by atoms with Crippen molar-refractivity contribution in [2.75, 3.05) is 0 Å². The van der Waals surface area contributed by atoms with Crippen LogP contribution in [-0.2, 0) is 0 Å². The Labute approximate surface area is 267 Å². The Kier molecular flexibility index (Phi) is 6.93. The molecule has 0 amide bonds. The summed E-state index contributed by atoms with van der Waals surface area (Å²) in [5.41, 5.74) is 9.36. The zero-order valence-electron chi connectivity index (χ0n) is 25.0. The molecule has 0 aliphatic rings. The average molecular weight is 592 g/mol. The smallest absolute Gasteiger partial charge is 0.163 e. The molecule has 0 spiro atoms. The minimum Gasteiger partial charge on any atom is -0.507 e. The van der Waals surface area contributed by atoms with Crippen LogP contribution < -0.4 is 0 Å². The first-order valence-electron chi connectivity index (χ1n) is 15.3. The number of para-hydroxylation sites is 2. The number of fused-ring (bicyclic) bond motifs is 1. The first kappa shape index (κ1) is 27.3. The maximum absolute atomic E-state index is 10.7. The molecule has 8 rings (SSSR count). The molecular formula is C42H29N3O. The van der Waals surface area contributed by atoms with Gasteiger partial charge < -0.3 is 5.11 Å². The van der Waals surface area contributed by atoms with E-state index in [1.54, 1.807) is 6.07 Å². The number of rotatable bonds is 6. The average Bonchev–Trinajstić information content (AvgIpc) is 3.57. The van der Waals surface area contributed by atoms with Gasteiger partial charge in [0, 0.05) is 28.5 Å². The number of hydrogen-bond acceptors (Lipinski definition) is 3. The van der Waals surface area contributed by atoms with Gasteiger partial charge in [-0.2, -0.15) is 0 Å². The summed E-state index contributed by atoms with van der Waals surface area (Å²) in [6, 6.07) is 55.3. The van der Waals surface area contributed by atoms with Crippen molar-refractivity contribution >= 4 is 10.8 Å². The zero-order valence-corrected chi connectivity index (χ0v) is 25.0. The minimum absolute atomic E-state index is 0.188. The van der Waals surface area contributed by atoms with Crippen LogP contribution in [0.3, 0.4) is 0 Å². The number of benzene rings is 6. The number of aromatic nitrogens is 3. The third-order valence-electron chi connectivity index (χ3n) is 8.38. The number of imidazole rings is 1. The molecule has 0 unspecified atom stereocenters. The maximum Gasteiger partial charge on any atom is 0.163 e. The van der Waals surface area contributed by atoms with Crippen molar-refractivity contribution < 1.29 is 5.11 Å². The molecule has 0 saturated heterocycles. The van der Waals surface area contributed by atoms with Crippen molar-refractivity contribution in [3.8, 4) is 67.7 Å². The van der Waals surface area contributed by atoms with Gasteiger partial charge in [0.15, 0.2) is 5.82 Å². The highest BCUT2D eigenvalue weighted by Gasteiger charge is 2.22. The summed E-state index contributed by atoms with van der Waals surface area (Å²) < 4.78 is 2.19. The van der Waals surface area contributed by atoms with E-state index in [0.717, 1.165) is 50.0 Å². The van der Waals surface area contributed by atoms with E-state index in [1.165, 1.54) is 0 Å². The van der Waals surface area contributed by atoms with E-state index in [0.29, 0.717) is 22.8 Å². The van der Waals surface area contributed by atoms with Crippen LogP contribution >= 0.6 is 0 Å². The summed E-state index contributed by atoms with van der Waals surface area (Å²) in [6.07, 6.45) is 2.14. The lowest BCUT2D eigenvalue weighted by atomic mass is 9.95. The van der Waals surface area contributed by atoms with Crippen LogP contribution in [0.5, 0.6) is 5.75 Å². The van der Waals surface area contributed by atoms with Crippen molar-refractivity contribution in [2.24, 2.45) is 0 Å². The molecule has 0 aliphatic carbocycles. The lowest BCUT2D eigenvalue weighted by Crippen LogP contribution is -2.03. The summed E-state index contributed by atoms with van der Waals surface area (Å²) in [6.45, 7) is 0. The summed E-state index contributed by atoms with van der Waals surface area (Å²) >= 11 is 0. The minimum atomic E-state index is 0.188. The van der Waals surface area contributed by atoms with Crippen molar-refractivity contribution in [1.82, 2.24) is 14.5 Å². The molecule has 2 heterocycles. The predicted molar refractivity (Wildman–Crippen MR) is 188 cm³/mol. The van der Waals surface area contributed by atoms with Crippen LogP contribution in [-0.4, -0.2) is 19.6 Å². The van der Waals surface area contributed by atoms with E-state index in [-0.39, 0.29) is 5.75 Å². The number of phenols is 1. The van der Waals surface area contributed by atoms with Gasteiger partial charge in [0.25, 0.3) is 0 Å². The van der Waals surface area contributed by atoms with Gasteiger partial charge in [0.05, 0.1) is 17.1 Å². The van der Waals surface area contributed by atoms with Gasteiger partial charge in [-0.1, -0.05) is 140 Å². The molecule has 4 nitrogen and oxygen atoms in total. The van der Waals surface area contributed by atoms with Crippen LogP contribution in [0.1, 0.15) is 0 Å². The third-order valence-corrected chi connectivity index (χ3v) is 8.38. The number of hydrogen-bond donors (Lipinski definition) is 1. The lowest BCUT2D eigenvalue weighted by Gasteiger charge is -2.18. The summed E-state index contributed by atoms with van der Waals surface area (Å²) in [7, 11) is 0. The zero-order chi connectivity index (χ0) is 30.9. The molecule has 46 heavy (non-hydrogen) atoms. The molecule has 0 bridgehead atoms. The quantitative estimate of drug-likeness (QED) is 0.209. The van der Waals surface area contributed by atoms with Crippen molar-refractivity contribution in [3.05, 3.63) is 170 Å². The van der Waals surface area contributed by atoms with Crippen molar-refractivity contribution in [3.63, 3.8) is 0 Å². The Bertz CT molecular complexity index is 2260. The first-order chi connectivity index (χ1) is 22.7. The lowest BCUT2D eigenvalue weighted by molar-refractivity contribution is 0.477. The Morgan fingerprint density at radius 3 is 1.70 bits per heavy atom. The molecule has 6 aromatic carbocycles. The molecule has 0 saturated carbocycles. The Morgan fingerprint density at radius 2 is 0.957 bits per heavy atom. The Morgan fingerprint density at radius 1 is 0.413 bits per heavy atom. The van der Waals surface area contributed by atoms with E-state index < -0.39 is 0 Å². The van der Waals surface area contributed by atoms with Crippen LogP contribution in [0.15, 0.2) is 170 Å². The number of phenolic OH excluding ortho intramolecular Hbond substituents is 1. The molecule has 2 aromatic heterocycles. The third kappa shape index (κ3) is 4.92. The second kappa shape index (κ2) is 11.7. The first-order valence-corrected chi connectivity index (χ1v) is 15.3. The monoisotopic (exact) mass is 591 g/mol. The van der Waals surface area contributed by atoms with Crippen molar-refractivity contribution in [1.29, 1.82) is 0 Å². The Hall–Kier alpha value is -6.26. The molecule has 4 heteroatoms. The molecule has 0 fully saturated rings. The van der Waals surface area contributed by atoms with Gasteiger partial charge in [-0.05, 0) is 46.2 Å². The molecule has 0 atom stereocenters. The summed E-state index contributed by atoms with van der Waals surface area (Å²) in [5.74, 6) is 0.897.